The first kappa shape index (κ1) is 20.8. The van der Waals surface area contributed by atoms with E-state index in [1.807, 2.05) is 33.8 Å². The van der Waals surface area contributed by atoms with Gasteiger partial charge in [-0.05, 0) is 78.9 Å². The zero-order valence-corrected chi connectivity index (χ0v) is 17.8. The van der Waals surface area contributed by atoms with Crippen molar-refractivity contribution < 1.29 is 13.9 Å². The molecule has 0 aliphatic carbocycles. The topological polar surface area (TPSA) is 53.5 Å². The minimum atomic E-state index is -1.10. The van der Waals surface area contributed by atoms with Crippen molar-refractivity contribution in [3.63, 3.8) is 0 Å². The lowest BCUT2D eigenvalue weighted by Gasteiger charge is -2.32. The molecule has 1 saturated heterocycles. The van der Waals surface area contributed by atoms with Crippen LogP contribution >= 0.6 is 0 Å². The fourth-order valence-electron chi connectivity index (χ4n) is 2.71. The van der Waals surface area contributed by atoms with Crippen molar-refractivity contribution in [1.29, 1.82) is 0 Å². The molecule has 140 valence electrons. The Labute approximate surface area is 156 Å². The van der Waals surface area contributed by atoms with E-state index in [9.17, 15) is 4.55 Å². The van der Waals surface area contributed by atoms with Gasteiger partial charge in [0, 0.05) is 11.4 Å². The summed E-state index contributed by atoms with van der Waals surface area (Å²) in [6.07, 6.45) is 0. The Morgan fingerprint density at radius 3 is 2.08 bits per heavy atom. The molecule has 0 radical (unpaired) electrons. The molecule has 1 aliphatic heterocycles. The van der Waals surface area contributed by atoms with Gasteiger partial charge < -0.3 is 13.9 Å². The molecule has 0 bridgehead atoms. The van der Waals surface area contributed by atoms with Crippen LogP contribution in [0.5, 0.6) is 0 Å². The summed E-state index contributed by atoms with van der Waals surface area (Å²) >= 11 is -1.10. The molecule has 1 fully saturated rings. The average Bonchev–Trinajstić information content (AvgIpc) is 2.66. The highest BCUT2D eigenvalue weighted by molar-refractivity contribution is 7.90. The minimum absolute atomic E-state index is 0.00686. The minimum Gasteiger partial charge on any atom is -0.598 e. The highest BCUT2D eigenvalue weighted by Crippen LogP contribution is 2.36. The fourth-order valence-corrected chi connectivity index (χ4v) is 3.51. The monoisotopic (exact) mass is 365 g/mol. The third kappa shape index (κ3) is 4.42. The van der Waals surface area contributed by atoms with Crippen molar-refractivity contribution in [2.45, 2.75) is 84.3 Å². The predicted octanol–water partition coefficient (Wildman–Crippen LogP) is 3.41. The Balaban J connectivity index is 2.16. The van der Waals surface area contributed by atoms with Gasteiger partial charge in [-0.3, -0.25) is 0 Å². The number of nitrogens with one attached hydrogen (secondary N) is 1. The summed E-state index contributed by atoms with van der Waals surface area (Å²) in [6.45, 7) is 18.3. The van der Waals surface area contributed by atoms with Crippen LogP contribution < -0.4 is 10.2 Å². The van der Waals surface area contributed by atoms with Gasteiger partial charge in [0.15, 0.2) is 0 Å². The molecule has 4 nitrogen and oxygen atoms in total. The summed E-state index contributed by atoms with van der Waals surface area (Å²) in [6, 6.07) is 6.23. The zero-order chi connectivity index (χ0) is 19.2. The quantitative estimate of drug-likeness (QED) is 0.656. The molecular formula is C19H32BNO3S. The lowest BCUT2D eigenvalue weighted by atomic mass is 9.77. The van der Waals surface area contributed by atoms with Gasteiger partial charge >= 0.3 is 7.12 Å². The first-order valence-electron chi connectivity index (χ1n) is 8.89. The van der Waals surface area contributed by atoms with Gasteiger partial charge in [-0.1, -0.05) is 18.2 Å². The molecule has 1 aliphatic rings. The molecule has 2 rings (SSSR count). The number of hydrogen-bond donors (Lipinski definition) is 1. The predicted molar refractivity (Wildman–Crippen MR) is 106 cm³/mol. The van der Waals surface area contributed by atoms with Gasteiger partial charge in [0.1, 0.15) is 4.75 Å². The van der Waals surface area contributed by atoms with Crippen LogP contribution in [0, 0.1) is 6.92 Å². The summed E-state index contributed by atoms with van der Waals surface area (Å²) in [4.78, 5) is 0. The summed E-state index contributed by atoms with van der Waals surface area (Å²) in [5.41, 5.74) is 2.60. The highest BCUT2D eigenvalue weighted by atomic mass is 32.2. The van der Waals surface area contributed by atoms with E-state index in [0.29, 0.717) is 0 Å². The Bertz CT molecular complexity index is 612. The molecule has 0 spiro atoms. The van der Waals surface area contributed by atoms with Crippen molar-refractivity contribution in [3.8, 4) is 0 Å². The van der Waals surface area contributed by atoms with Crippen molar-refractivity contribution in [1.82, 2.24) is 4.72 Å². The largest absolute Gasteiger partial charge is 0.598 e. The molecule has 0 aromatic heterocycles. The Hall–Kier alpha value is -0.525. The average molecular weight is 365 g/mol. The van der Waals surface area contributed by atoms with E-state index in [-0.39, 0.29) is 29.1 Å². The van der Waals surface area contributed by atoms with Crippen LogP contribution in [-0.2, 0) is 20.7 Å². The SMILES string of the molecule is Cc1cc(B2OC(C)(C)C(C)(C)O2)ccc1[C@@H](C)N[S+]([O-])C(C)(C)C. The molecule has 0 saturated carbocycles. The van der Waals surface area contributed by atoms with Crippen LogP contribution in [-0.4, -0.2) is 27.6 Å². The fraction of sp³-hybridized carbons (Fsp3) is 0.684. The number of hydrogen-bond acceptors (Lipinski definition) is 4. The van der Waals surface area contributed by atoms with Crippen LogP contribution in [0.3, 0.4) is 0 Å². The van der Waals surface area contributed by atoms with E-state index in [1.54, 1.807) is 0 Å². The molecule has 6 heteroatoms. The van der Waals surface area contributed by atoms with Crippen LogP contribution in [0.1, 0.15) is 72.6 Å². The smallest absolute Gasteiger partial charge is 0.494 e. The maximum Gasteiger partial charge on any atom is 0.494 e. The molecule has 1 N–H and O–H groups in total. The van der Waals surface area contributed by atoms with Gasteiger partial charge in [-0.25, -0.2) is 0 Å². The van der Waals surface area contributed by atoms with E-state index in [4.69, 9.17) is 9.31 Å². The molecule has 1 aromatic rings. The Morgan fingerprint density at radius 1 is 1.12 bits per heavy atom. The molecule has 1 unspecified atom stereocenters. The molecule has 0 amide bonds. The summed E-state index contributed by atoms with van der Waals surface area (Å²) < 4.78 is 27.5. The maximum atomic E-state index is 12.3. The lowest BCUT2D eigenvalue weighted by molar-refractivity contribution is 0.00578. The third-order valence-corrected chi connectivity index (χ3v) is 6.81. The summed E-state index contributed by atoms with van der Waals surface area (Å²) in [7, 11) is -0.357. The second kappa shape index (κ2) is 6.89. The maximum absolute atomic E-state index is 12.3. The van der Waals surface area contributed by atoms with Gasteiger partial charge in [0.25, 0.3) is 0 Å². The van der Waals surface area contributed by atoms with Crippen LogP contribution in [0.2, 0.25) is 0 Å². The molecule has 2 atom stereocenters. The van der Waals surface area contributed by atoms with Gasteiger partial charge in [0.2, 0.25) is 0 Å². The standard InChI is InChI=1S/C19H32BNO3S/c1-13-12-15(20-23-18(6,7)19(8,9)24-20)10-11-16(13)14(2)21-25(22)17(3,4)5/h10-12,14,21H,1-9H3/t14-,25?/m1/s1. The molecule has 1 heterocycles. The van der Waals surface area contributed by atoms with Gasteiger partial charge in [-0.15, -0.1) is 4.72 Å². The van der Waals surface area contributed by atoms with Gasteiger partial charge in [-0.2, -0.15) is 0 Å². The molecular weight excluding hydrogens is 333 g/mol. The third-order valence-electron chi connectivity index (χ3n) is 5.13. The molecule has 1 aromatic carbocycles. The van der Waals surface area contributed by atoms with Crippen molar-refractivity contribution >= 4 is 23.9 Å². The Kier molecular flexibility index (Phi) is 5.73. The second-order valence-electron chi connectivity index (χ2n) is 8.92. The lowest BCUT2D eigenvalue weighted by Crippen LogP contribution is -2.41. The first-order valence-corrected chi connectivity index (χ1v) is 10.0. The summed E-state index contributed by atoms with van der Waals surface area (Å²) in [5, 5.41) is 0. The second-order valence-corrected chi connectivity index (χ2v) is 10.9. The Morgan fingerprint density at radius 2 is 1.64 bits per heavy atom. The summed E-state index contributed by atoms with van der Waals surface area (Å²) in [5.74, 6) is 0. The zero-order valence-electron chi connectivity index (χ0n) is 17.0. The number of aryl methyl sites for hydroxylation is 1. The van der Waals surface area contributed by atoms with Crippen molar-refractivity contribution in [3.05, 3.63) is 29.3 Å². The first-order chi connectivity index (χ1) is 11.2. The van der Waals surface area contributed by atoms with E-state index >= 15 is 0 Å². The van der Waals surface area contributed by atoms with Crippen LogP contribution in [0.15, 0.2) is 18.2 Å². The van der Waals surface area contributed by atoms with Gasteiger partial charge in [0.05, 0.1) is 17.2 Å². The number of rotatable bonds is 4. The normalized spacial score (nSPS) is 22.1. The molecule has 25 heavy (non-hydrogen) atoms. The van der Waals surface area contributed by atoms with Crippen LogP contribution in [0.25, 0.3) is 0 Å². The van der Waals surface area contributed by atoms with Crippen molar-refractivity contribution in [2.75, 3.05) is 0 Å². The van der Waals surface area contributed by atoms with E-state index < -0.39 is 11.4 Å². The highest BCUT2D eigenvalue weighted by Gasteiger charge is 2.51. The van der Waals surface area contributed by atoms with Crippen LogP contribution in [0.4, 0.5) is 0 Å². The van der Waals surface area contributed by atoms with Crippen molar-refractivity contribution in [2.24, 2.45) is 0 Å². The van der Waals surface area contributed by atoms with E-state index in [1.165, 1.54) is 0 Å². The number of benzene rings is 1. The van der Waals surface area contributed by atoms with E-state index in [0.717, 1.165) is 16.6 Å². The van der Waals surface area contributed by atoms with E-state index in [2.05, 4.69) is 51.5 Å².